The van der Waals surface area contributed by atoms with Gasteiger partial charge in [0.15, 0.2) is 17.2 Å². The number of rotatable bonds is 17. The monoisotopic (exact) mass is 661 g/mol. The smallest absolute Gasteiger partial charge is 0.274 e. The summed E-state index contributed by atoms with van der Waals surface area (Å²) in [6.45, 7) is 5.02. The topological polar surface area (TPSA) is 165 Å². The van der Waals surface area contributed by atoms with Gasteiger partial charge in [-0.25, -0.2) is 0 Å². The summed E-state index contributed by atoms with van der Waals surface area (Å²) in [7, 11) is 1.41. The van der Waals surface area contributed by atoms with E-state index in [1.54, 1.807) is 13.0 Å². The standard InChI is InChI=1S/C35H43N5O8/c1-35(23-47-35)31(41)28(19-25-11-7-4-8-12-25)37-34(44)30(22-45-2)38-32(42)27(14-13-24-9-5-3-6-10-24)36-33(43)29-20-26(48-39-29)21-40-15-17-46-18-16-40/h3-12,20,27-28,30H,13-19,21-23H2,1-2H3,(H,36,43)(H,37,44)(H,38,42)/t27-,28-,30-,35+/m0/s1. The fourth-order valence-electron chi connectivity index (χ4n) is 5.50. The molecule has 5 rings (SSSR count). The lowest BCUT2D eigenvalue weighted by atomic mass is 9.94. The molecule has 0 unspecified atom stereocenters. The van der Waals surface area contributed by atoms with E-state index in [9.17, 15) is 19.2 Å². The van der Waals surface area contributed by atoms with E-state index in [0.717, 1.165) is 24.2 Å². The van der Waals surface area contributed by atoms with Gasteiger partial charge in [0.1, 0.15) is 17.7 Å². The van der Waals surface area contributed by atoms with Gasteiger partial charge in [0, 0.05) is 26.3 Å². The third kappa shape index (κ3) is 9.80. The summed E-state index contributed by atoms with van der Waals surface area (Å²) in [6, 6.07) is 17.4. The van der Waals surface area contributed by atoms with Crippen LogP contribution in [-0.2, 0) is 48.0 Å². The Hall–Kier alpha value is -4.43. The second-order valence-corrected chi connectivity index (χ2v) is 12.3. The normalized spacial score (nSPS) is 19.5. The van der Waals surface area contributed by atoms with E-state index < -0.39 is 41.4 Å². The van der Waals surface area contributed by atoms with E-state index >= 15 is 0 Å². The summed E-state index contributed by atoms with van der Waals surface area (Å²) < 4.78 is 21.5. The molecule has 48 heavy (non-hydrogen) atoms. The quantitative estimate of drug-likeness (QED) is 0.181. The number of morpholine rings is 1. The van der Waals surface area contributed by atoms with Crippen molar-refractivity contribution in [3.05, 3.63) is 89.3 Å². The number of hydrogen-bond donors (Lipinski definition) is 3. The molecule has 2 aromatic carbocycles. The number of aromatic nitrogens is 1. The summed E-state index contributed by atoms with van der Waals surface area (Å²) in [5, 5.41) is 12.3. The Labute approximate surface area is 279 Å². The minimum atomic E-state index is -1.15. The zero-order chi connectivity index (χ0) is 33.9. The molecule has 1 aromatic heterocycles. The highest BCUT2D eigenvalue weighted by molar-refractivity contribution is 5.99. The molecule has 0 radical (unpaired) electrons. The van der Waals surface area contributed by atoms with E-state index in [1.807, 2.05) is 60.7 Å². The van der Waals surface area contributed by atoms with Gasteiger partial charge in [-0.15, -0.1) is 0 Å². The maximum atomic E-state index is 13.8. The maximum Gasteiger partial charge on any atom is 0.274 e. The third-order valence-corrected chi connectivity index (χ3v) is 8.44. The van der Waals surface area contributed by atoms with Crippen LogP contribution in [0, 0.1) is 0 Å². The summed E-state index contributed by atoms with van der Waals surface area (Å²) in [6.07, 6.45) is 0.971. The van der Waals surface area contributed by atoms with Crippen LogP contribution in [0.2, 0.25) is 0 Å². The Morgan fingerprint density at radius 3 is 2.17 bits per heavy atom. The molecule has 2 fully saturated rings. The minimum absolute atomic E-state index is 0.0417. The number of benzene rings is 2. The molecule has 13 heteroatoms. The first-order valence-corrected chi connectivity index (χ1v) is 16.2. The number of amides is 3. The van der Waals surface area contributed by atoms with Gasteiger partial charge in [0.05, 0.1) is 39.0 Å². The maximum absolute atomic E-state index is 13.8. The SMILES string of the molecule is COC[C@H](NC(=O)[C@H](CCc1ccccc1)NC(=O)c1cc(CN2CCOCC2)on1)C(=O)N[C@@H](Cc1ccccc1)C(=O)[C@@]1(C)CO1. The largest absolute Gasteiger partial charge is 0.382 e. The van der Waals surface area contributed by atoms with Crippen molar-refractivity contribution in [1.29, 1.82) is 0 Å². The predicted octanol–water partition coefficient (Wildman–Crippen LogP) is 1.45. The number of nitrogens with zero attached hydrogens (tertiary/aromatic N) is 2. The van der Waals surface area contributed by atoms with Crippen LogP contribution < -0.4 is 16.0 Å². The van der Waals surface area contributed by atoms with Gasteiger partial charge in [0.2, 0.25) is 11.8 Å². The number of epoxide rings is 1. The van der Waals surface area contributed by atoms with Crippen LogP contribution in [0.5, 0.6) is 0 Å². The van der Waals surface area contributed by atoms with E-state index in [0.29, 0.717) is 31.9 Å². The first-order chi connectivity index (χ1) is 23.2. The highest BCUT2D eigenvalue weighted by atomic mass is 16.6. The predicted molar refractivity (Wildman–Crippen MR) is 174 cm³/mol. The number of hydrogen-bond acceptors (Lipinski definition) is 10. The average molecular weight is 662 g/mol. The van der Waals surface area contributed by atoms with Crippen molar-refractivity contribution >= 4 is 23.5 Å². The van der Waals surface area contributed by atoms with Gasteiger partial charge in [-0.3, -0.25) is 24.1 Å². The molecule has 0 saturated carbocycles. The fourth-order valence-corrected chi connectivity index (χ4v) is 5.50. The van der Waals surface area contributed by atoms with Crippen molar-refractivity contribution in [3.63, 3.8) is 0 Å². The first kappa shape index (κ1) is 34.9. The number of carbonyl (C=O) groups is 4. The lowest BCUT2D eigenvalue weighted by molar-refractivity contribution is -0.134. The van der Waals surface area contributed by atoms with E-state index in [2.05, 4.69) is 26.0 Å². The lowest BCUT2D eigenvalue weighted by Crippen LogP contribution is -2.58. The molecule has 0 aliphatic carbocycles. The Balaban J connectivity index is 1.27. The molecule has 2 aliphatic rings. The van der Waals surface area contributed by atoms with Gasteiger partial charge < -0.3 is 34.7 Å². The van der Waals surface area contributed by atoms with Crippen LogP contribution in [0.25, 0.3) is 0 Å². The summed E-state index contributed by atoms with van der Waals surface area (Å²) in [5.41, 5.74) is 0.906. The molecular formula is C35H43N5O8. The zero-order valence-electron chi connectivity index (χ0n) is 27.3. The Bertz CT molecular complexity index is 1520. The highest BCUT2D eigenvalue weighted by Gasteiger charge is 2.50. The Kier molecular flexibility index (Phi) is 12.1. The van der Waals surface area contributed by atoms with Gasteiger partial charge in [-0.05, 0) is 37.3 Å². The van der Waals surface area contributed by atoms with Gasteiger partial charge >= 0.3 is 0 Å². The summed E-state index contributed by atoms with van der Waals surface area (Å²) in [4.78, 5) is 56.2. The molecule has 256 valence electrons. The number of carbonyl (C=O) groups excluding carboxylic acids is 4. The zero-order valence-corrected chi connectivity index (χ0v) is 27.3. The van der Waals surface area contributed by atoms with Gasteiger partial charge in [-0.1, -0.05) is 65.8 Å². The molecular weight excluding hydrogens is 618 g/mol. The molecule has 3 heterocycles. The lowest BCUT2D eigenvalue weighted by Gasteiger charge is -2.25. The molecule has 3 aromatic rings. The van der Waals surface area contributed by atoms with Crippen LogP contribution in [0.1, 0.15) is 40.7 Å². The van der Waals surface area contributed by atoms with E-state index in [4.69, 9.17) is 18.7 Å². The van der Waals surface area contributed by atoms with Crippen LogP contribution >= 0.6 is 0 Å². The Morgan fingerprint density at radius 2 is 1.52 bits per heavy atom. The van der Waals surface area contributed by atoms with Gasteiger partial charge in [0.25, 0.3) is 5.91 Å². The van der Waals surface area contributed by atoms with Crippen molar-refractivity contribution in [3.8, 4) is 0 Å². The van der Waals surface area contributed by atoms with Crippen molar-refractivity contribution in [2.45, 2.75) is 56.5 Å². The molecule has 13 nitrogen and oxygen atoms in total. The third-order valence-electron chi connectivity index (χ3n) is 8.44. The fraction of sp³-hybridized carbons (Fsp3) is 0.457. The molecule has 3 N–H and O–H groups in total. The number of Topliss-reactive ketones (excluding diaryl/α,β-unsaturated/α-hetero) is 1. The van der Waals surface area contributed by atoms with Crippen molar-refractivity contribution in [2.24, 2.45) is 0 Å². The van der Waals surface area contributed by atoms with Crippen LogP contribution in [0.4, 0.5) is 0 Å². The molecule has 0 spiro atoms. The van der Waals surface area contributed by atoms with E-state index in [-0.39, 0.29) is 37.5 Å². The minimum Gasteiger partial charge on any atom is -0.382 e. The van der Waals surface area contributed by atoms with Crippen molar-refractivity contribution < 1.29 is 37.9 Å². The number of nitrogens with one attached hydrogen (secondary N) is 3. The van der Waals surface area contributed by atoms with Crippen LogP contribution in [0.15, 0.2) is 71.3 Å². The number of aryl methyl sites for hydroxylation is 1. The van der Waals surface area contributed by atoms with Crippen molar-refractivity contribution in [1.82, 2.24) is 26.0 Å². The molecule has 4 atom stereocenters. The molecule has 2 aliphatic heterocycles. The number of methoxy groups -OCH3 is 1. The Morgan fingerprint density at radius 1 is 0.896 bits per heavy atom. The highest BCUT2D eigenvalue weighted by Crippen LogP contribution is 2.29. The molecule has 2 saturated heterocycles. The first-order valence-electron chi connectivity index (χ1n) is 16.2. The van der Waals surface area contributed by atoms with Crippen LogP contribution in [-0.4, -0.2) is 104 Å². The molecule has 0 bridgehead atoms. The number of ether oxygens (including phenoxy) is 3. The summed E-state index contributed by atoms with van der Waals surface area (Å²) >= 11 is 0. The van der Waals surface area contributed by atoms with Crippen LogP contribution in [0.3, 0.4) is 0 Å². The molecule has 3 amide bonds. The van der Waals surface area contributed by atoms with E-state index in [1.165, 1.54) is 7.11 Å². The van der Waals surface area contributed by atoms with Crippen molar-refractivity contribution in [2.75, 3.05) is 46.6 Å². The summed E-state index contributed by atoms with van der Waals surface area (Å²) in [5.74, 6) is -1.50. The number of ketones is 1. The average Bonchev–Trinajstić information content (AvgIpc) is 3.69. The second kappa shape index (κ2) is 16.6. The van der Waals surface area contributed by atoms with Gasteiger partial charge in [-0.2, -0.15) is 0 Å². The second-order valence-electron chi connectivity index (χ2n) is 12.3.